The van der Waals surface area contributed by atoms with Gasteiger partial charge in [0.05, 0.1) is 6.42 Å². The molecule has 0 radical (unpaired) electrons. The Morgan fingerprint density at radius 1 is 1.45 bits per heavy atom. The molecule has 1 rings (SSSR count). The second-order valence-corrected chi connectivity index (χ2v) is 5.29. The number of carbonyl (C=O) groups is 2. The number of carbonyl (C=O) groups excluding carboxylic acids is 1. The van der Waals surface area contributed by atoms with E-state index in [0.29, 0.717) is 12.3 Å². The van der Waals surface area contributed by atoms with Crippen LogP contribution in [-0.2, 0) is 9.59 Å². The van der Waals surface area contributed by atoms with E-state index in [1.807, 2.05) is 19.1 Å². The first-order chi connectivity index (χ1) is 9.43. The van der Waals surface area contributed by atoms with Crippen molar-refractivity contribution in [3.05, 3.63) is 28.7 Å². The number of benzene rings is 1. The van der Waals surface area contributed by atoms with Crippen LogP contribution in [0.25, 0.3) is 0 Å². The number of carboxylic acid groups (broad SMARTS) is 1. The van der Waals surface area contributed by atoms with Crippen molar-refractivity contribution in [1.82, 2.24) is 4.90 Å². The molecule has 1 unspecified atom stereocenters. The summed E-state index contributed by atoms with van der Waals surface area (Å²) in [4.78, 5) is 24.3. The van der Waals surface area contributed by atoms with Crippen LogP contribution in [0.3, 0.4) is 0 Å². The SMILES string of the molecule is CCN(C(=O)COc1cccc(Br)c1)C(C)CC(=O)O. The summed E-state index contributed by atoms with van der Waals surface area (Å²) in [5.41, 5.74) is 0. The van der Waals surface area contributed by atoms with Gasteiger partial charge >= 0.3 is 5.97 Å². The van der Waals surface area contributed by atoms with Gasteiger partial charge in [0.1, 0.15) is 5.75 Å². The minimum atomic E-state index is -0.920. The summed E-state index contributed by atoms with van der Waals surface area (Å²) in [5, 5.41) is 8.77. The number of rotatable bonds is 7. The van der Waals surface area contributed by atoms with Gasteiger partial charge < -0.3 is 14.7 Å². The van der Waals surface area contributed by atoms with Crippen molar-refractivity contribution in [3.8, 4) is 5.75 Å². The lowest BCUT2D eigenvalue weighted by molar-refractivity contribution is -0.141. The zero-order valence-electron chi connectivity index (χ0n) is 11.5. The van der Waals surface area contributed by atoms with Crippen LogP contribution in [-0.4, -0.2) is 41.1 Å². The monoisotopic (exact) mass is 343 g/mol. The van der Waals surface area contributed by atoms with Crippen molar-refractivity contribution in [3.63, 3.8) is 0 Å². The quantitative estimate of drug-likeness (QED) is 0.826. The second-order valence-electron chi connectivity index (χ2n) is 4.37. The van der Waals surface area contributed by atoms with E-state index in [9.17, 15) is 9.59 Å². The summed E-state index contributed by atoms with van der Waals surface area (Å²) >= 11 is 3.32. The van der Waals surface area contributed by atoms with Crippen molar-refractivity contribution in [2.45, 2.75) is 26.3 Å². The molecule has 0 aliphatic heterocycles. The molecule has 0 fully saturated rings. The van der Waals surface area contributed by atoms with E-state index >= 15 is 0 Å². The third kappa shape index (κ3) is 5.21. The normalized spacial score (nSPS) is 11.8. The fraction of sp³-hybridized carbons (Fsp3) is 0.429. The van der Waals surface area contributed by atoms with E-state index in [4.69, 9.17) is 9.84 Å². The Kier molecular flexibility index (Phi) is 6.51. The average Bonchev–Trinajstić information content (AvgIpc) is 2.36. The molecule has 110 valence electrons. The molecule has 0 saturated heterocycles. The zero-order chi connectivity index (χ0) is 15.1. The number of carboxylic acids is 1. The molecule has 0 aliphatic rings. The van der Waals surface area contributed by atoms with Crippen molar-refractivity contribution in [2.75, 3.05) is 13.2 Å². The van der Waals surface area contributed by atoms with Crippen LogP contribution in [0.1, 0.15) is 20.3 Å². The van der Waals surface area contributed by atoms with Gasteiger partial charge in [0, 0.05) is 17.1 Å². The highest BCUT2D eigenvalue weighted by Gasteiger charge is 2.21. The minimum Gasteiger partial charge on any atom is -0.484 e. The number of hydrogen-bond acceptors (Lipinski definition) is 3. The van der Waals surface area contributed by atoms with Gasteiger partial charge in [-0.3, -0.25) is 9.59 Å². The van der Waals surface area contributed by atoms with Gasteiger partial charge in [0.25, 0.3) is 5.91 Å². The maximum absolute atomic E-state index is 12.1. The summed E-state index contributed by atoms with van der Waals surface area (Å²) in [6, 6.07) is 6.85. The first kappa shape index (κ1) is 16.5. The van der Waals surface area contributed by atoms with Crippen LogP contribution in [0, 0.1) is 0 Å². The molecule has 1 aromatic rings. The molecule has 0 bridgehead atoms. The molecule has 1 N–H and O–H groups in total. The van der Waals surface area contributed by atoms with Crippen molar-refractivity contribution >= 4 is 27.8 Å². The van der Waals surface area contributed by atoms with Gasteiger partial charge in [-0.1, -0.05) is 22.0 Å². The topological polar surface area (TPSA) is 66.8 Å². The van der Waals surface area contributed by atoms with Crippen LogP contribution in [0.15, 0.2) is 28.7 Å². The van der Waals surface area contributed by atoms with Gasteiger partial charge in [0.2, 0.25) is 0 Å². The third-order valence-corrected chi connectivity index (χ3v) is 3.31. The number of halogens is 1. The lowest BCUT2D eigenvalue weighted by atomic mass is 10.2. The van der Waals surface area contributed by atoms with Crippen LogP contribution in [0.2, 0.25) is 0 Å². The number of ether oxygens (including phenoxy) is 1. The molecule has 20 heavy (non-hydrogen) atoms. The highest BCUT2D eigenvalue weighted by Crippen LogP contribution is 2.17. The lowest BCUT2D eigenvalue weighted by Gasteiger charge is -2.27. The Morgan fingerprint density at radius 2 is 2.15 bits per heavy atom. The van der Waals surface area contributed by atoms with Crippen LogP contribution in [0.4, 0.5) is 0 Å². The Balaban J connectivity index is 2.57. The summed E-state index contributed by atoms with van der Waals surface area (Å²) in [6.45, 7) is 3.88. The molecule has 1 aromatic carbocycles. The predicted molar refractivity (Wildman–Crippen MR) is 78.7 cm³/mol. The number of likely N-dealkylation sites (N-methyl/N-ethyl adjacent to an activating group) is 1. The summed E-state index contributed by atoms with van der Waals surface area (Å²) in [7, 11) is 0. The van der Waals surface area contributed by atoms with E-state index in [1.165, 1.54) is 4.90 Å². The molecular weight excluding hydrogens is 326 g/mol. The standard InChI is InChI=1S/C14H18BrNO4/c1-3-16(10(2)7-14(18)19)13(17)9-20-12-6-4-5-11(15)8-12/h4-6,8,10H,3,7,9H2,1-2H3,(H,18,19). The summed E-state index contributed by atoms with van der Waals surface area (Å²) in [6.07, 6.45) is -0.0730. The zero-order valence-corrected chi connectivity index (χ0v) is 13.1. The van der Waals surface area contributed by atoms with Crippen LogP contribution < -0.4 is 4.74 Å². The fourth-order valence-electron chi connectivity index (χ4n) is 1.88. The van der Waals surface area contributed by atoms with Gasteiger partial charge in [-0.05, 0) is 32.0 Å². The molecule has 0 aromatic heterocycles. The van der Waals surface area contributed by atoms with Gasteiger partial charge in [-0.2, -0.15) is 0 Å². The highest BCUT2D eigenvalue weighted by atomic mass is 79.9. The van der Waals surface area contributed by atoms with Crippen molar-refractivity contribution in [2.24, 2.45) is 0 Å². The average molecular weight is 344 g/mol. The lowest BCUT2D eigenvalue weighted by Crippen LogP contribution is -2.42. The number of nitrogens with zero attached hydrogens (tertiary/aromatic N) is 1. The number of amides is 1. The van der Waals surface area contributed by atoms with E-state index in [2.05, 4.69) is 15.9 Å². The first-order valence-corrected chi connectivity index (χ1v) is 7.13. The molecule has 0 heterocycles. The number of hydrogen-bond donors (Lipinski definition) is 1. The summed E-state index contributed by atoms with van der Waals surface area (Å²) in [5.74, 6) is -0.549. The Hall–Kier alpha value is -1.56. The Morgan fingerprint density at radius 3 is 2.70 bits per heavy atom. The largest absolute Gasteiger partial charge is 0.484 e. The van der Waals surface area contributed by atoms with E-state index < -0.39 is 5.97 Å². The van der Waals surface area contributed by atoms with Crippen LogP contribution >= 0.6 is 15.9 Å². The Labute approximate surface area is 126 Å². The molecule has 0 aliphatic carbocycles. The van der Waals surface area contributed by atoms with E-state index in [-0.39, 0.29) is 25.0 Å². The second kappa shape index (κ2) is 7.89. The molecule has 5 nitrogen and oxygen atoms in total. The maximum atomic E-state index is 12.1. The van der Waals surface area contributed by atoms with Gasteiger partial charge in [-0.15, -0.1) is 0 Å². The Bertz CT molecular complexity index is 478. The number of aliphatic carboxylic acids is 1. The summed E-state index contributed by atoms with van der Waals surface area (Å²) < 4.78 is 6.29. The molecule has 1 atom stereocenters. The van der Waals surface area contributed by atoms with Crippen molar-refractivity contribution in [1.29, 1.82) is 0 Å². The van der Waals surface area contributed by atoms with E-state index in [0.717, 1.165) is 4.47 Å². The molecule has 0 spiro atoms. The van der Waals surface area contributed by atoms with Gasteiger partial charge in [-0.25, -0.2) is 0 Å². The fourth-order valence-corrected chi connectivity index (χ4v) is 2.26. The van der Waals surface area contributed by atoms with E-state index in [1.54, 1.807) is 19.1 Å². The van der Waals surface area contributed by atoms with Crippen LogP contribution in [0.5, 0.6) is 5.75 Å². The molecule has 0 saturated carbocycles. The molecule has 1 amide bonds. The third-order valence-electron chi connectivity index (χ3n) is 2.82. The maximum Gasteiger partial charge on any atom is 0.305 e. The van der Waals surface area contributed by atoms with Crippen molar-refractivity contribution < 1.29 is 19.4 Å². The molecular formula is C14H18BrNO4. The predicted octanol–water partition coefficient (Wildman–Crippen LogP) is 2.54. The highest BCUT2D eigenvalue weighted by molar-refractivity contribution is 9.10. The minimum absolute atomic E-state index is 0.0730. The molecule has 6 heteroatoms. The van der Waals surface area contributed by atoms with Gasteiger partial charge in [0.15, 0.2) is 6.61 Å². The smallest absolute Gasteiger partial charge is 0.305 e. The first-order valence-electron chi connectivity index (χ1n) is 6.33.